The Bertz CT molecular complexity index is 1620. The second kappa shape index (κ2) is 7.70. The zero-order chi connectivity index (χ0) is 26.5. The van der Waals surface area contributed by atoms with E-state index < -0.39 is 11.4 Å². The van der Waals surface area contributed by atoms with Gasteiger partial charge in [0.05, 0.1) is 13.2 Å². The van der Waals surface area contributed by atoms with E-state index >= 15 is 0 Å². The predicted octanol–water partition coefficient (Wildman–Crippen LogP) is 7.19. The van der Waals surface area contributed by atoms with E-state index in [2.05, 4.69) is 58.9 Å². The maximum Gasteiger partial charge on any atom is 0.262 e. The van der Waals surface area contributed by atoms with E-state index in [4.69, 9.17) is 24.0 Å². The van der Waals surface area contributed by atoms with Crippen LogP contribution in [-0.4, -0.2) is 24.1 Å². The maximum absolute atomic E-state index is 11.9. The molecule has 0 aromatic heterocycles. The second-order valence-corrected chi connectivity index (χ2v) is 12.3. The van der Waals surface area contributed by atoms with Gasteiger partial charge < -0.3 is 19.3 Å². The molecule has 3 heterocycles. The number of rotatable bonds is 2. The number of aromatic hydroxyl groups is 1. The second-order valence-electron chi connectivity index (χ2n) is 12.3. The molecule has 196 valence electrons. The number of hydrogen-bond acceptors (Lipinski definition) is 6. The van der Waals surface area contributed by atoms with Gasteiger partial charge in [-0.25, -0.2) is 4.89 Å². The van der Waals surface area contributed by atoms with Gasteiger partial charge >= 0.3 is 0 Å². The molecule has 6 heteroatoms. The fourth-order valence-corrected chi connectivity index (χ4v) is 7.27. The van der Waals surface area contributed by atoms with Crippen LogP contribution in [0.4, 0.5) is 0 Å². The molecule has 0 saturated carbocycles. The molecule has 4 aromatic rings. The lowest BCUT2D eigenvalue weighted by molar-refractivity contribution is -0.626. The molecular formula is C32H32O6. The Labute approximate surface area is 222 Å². The molecule has 0 spiro atoms. The molecule has 0 bridgehead atoms. The smallest absolute Gasteiger partial charge is 0.262 e. The lowest BCUT2D eigenvalue weighted by Gasteiger charge is -2.61. The quantitative estimate of drug-likeness (QED) is 0.287. The zero-order valence-electron chi connectivity index (χ0n) is 22.4. The summed E-state index contributed by atoms with van der Waals surface area (Å²) < 4.78 is 18.2. The van der Waals surface area contributed by atoms with Crippen molar-refractivity contribution in [3.63, 3.8) is 0 Å². The highest BCUT2D eigenvalue weighted by Gasteiger charge is 2.81. The third kappa shape index (κ3) is 2.81. The molecule has 7 rings (SSSR count). The van der Waals surface area contributed by atoms with Crippen molar-refractivity contribution in [2.75, 3.05) is 13.4 Å². The Morgan fingerprint density at radius 3 is 2.26 bits per heavy atom. The average molecular weight is 513 g/mol. The van der Waals surface area contributed by atoms with Crippen LogP contribution in [0.5, 0.6) is 11.5 Å². The summed E-state index contributed by atoms with van der Waals surface area (Å²) in [4.78, 5) is 12.1. The van der Waals surface area contributed by atoms with Gasteiger partial charge in [0, 0.05) is 33.1 Å². The minimum absolute atomic E-state index is 0.133. The number of phenolic OH excluding ortho intramolecular Hbond substituents is 1. The highest BCUT2D eigenvalue weighted by molar-refractivity contribution is 6.11. The van der Waals surface area contributed by atoms with Crippen LogP contribution in [0.2, 0.25) is 0 Å². The van der Waals surface area contributed by atoms with Gasteiger partial charge in [-0.1, -0.05) is 83.1 Å². The molecule has 3 aliphatic heterocycles. The summed E-state index contributed by atoms with van der Waals surface area (Å²) >= 11 is 0. The number of phenols is 1. The van der Waals surface area contributed by atoms with Gasteiger partial charge in [0.2, 0.25) is 0 Å². The van der Waals surface area contributed by atoms with Crippen molar-refractivity contribution in [2.24, 2.45) is 10.8 Å². The summed E-state index contributed by atoms with van der Waals surface area (Å²) in [5, 5.41) is 15.8. The normalized spacial score (nSPS) is 26.0. The van der Waals surface area contributed by atoms with Gasteiger partial charge in [0.1, 0.15) is 11.5 Å². The molecule has 2 atom stereocenters. The van der Waals surface area contributed by atoms with Gasteiger partial charge in [-0.3, -0.25) is 0 Å². The van der Waals surface area contributed by atoms with Gasteiger partial charge in [0.25, 0.3) is 5.79 Å². The van der Waals surface area contributed by atoms with Gasteiger partial charge in [-0.2, -0.15) is 4.89 Å². The lowest BCUT2D eigenvalue weighted by Crippen LogP contribution is -2.73. The molecule has 2 saturated heterocycles. The van der Waals surface area contributed by atoms with Gasteiger partial charge in [-0.15, -0.1) is 0 Å². The summed E-state index contributed by atoms with van der Waals surface area (Å²) in [6.07, 6.45) is 0. The first-order chi connectivity index (χ1) is 18.1. The van der Waals surface area contributed by atoms with Crippen LogP contribution in [0.3, 0.4) is 0 Å². The van der Waals surface area contributed by atoms with E-state index in [9.17, 15) is 5.11 Å². The first kappa shape index (κ1) is 23.9. The SMILES string of the molecule is CC(C)(C)[C@]12OO[C@@]1(c1cc(O)c(-c3c4c(cc5ccccc35)COCO4)c3ccccc13)OCC2(C)C. The van der Waals surface area contributed by atoms with E-state index in [1.54, 1.807) is 6.07 Å². The number of fused-ring (bicyclic) bond motifs is 4. The maximum atomic E-state index is 11.9. The first-order valence-corrected chi connectivity index (χ1v) is 13.1. The van der Waals surface area contributed by atoms with Crippen molar-refractivity contribution in [1.82, 2.24) is 0 Å². The zero-order valence-corrected chi connectivity index (χ0v) is 22.4. The van der Waals surface area contributed by atoms with Gasteiger partial charge in [0.15, 0.2) is 12.4 Å². The number of hydrogen-bond donors (Lipinski definition) is 1. The molecule has 3 aliphatic rings. The average Bonchev–Trinajstić information content (AvgIpc) is 3.03. The van der Waals surface area contributed by atoms with Crippen LogP contribution in [-0.2, 0) is 31.6 Å². The molecule has 0 amide bonds. The van der Waals surface area contributed by atoms with E-state index in [0.717, 1.165) is 49.5 Å². The van der Waals surface area contributed by atoms with Crippen LogP contribution in [0.15, 0.2) is 60.7 Å². The third-order valence-corrected chi connectivity index (χ3v) is 8.64. The Balaban J connectivity index is 1.56. The van der Waals surface area contributed by atoms with Crippen LogP contribution < -0.4 is 4.74 Å². The molecule has 4 aromatic carbocycles. The van der Waals surface area contributed by atoms with Crippen LogP contribution in [0, 0.1) is 10.8 Å². The van der Waals surface area contributed by atoms with Crippen molar-refractivity contribution in [1.29, 1.82) is 0 Å². The van der Waals surface area contributed by atoms with Gasteiger partial charge in [-0.05, 0) is 33.7 Å². The molecule has 38 heavy (non-hydrogen) atoms. The molecule has 0 unspecified atom stereocenters. The number of benzene rings is 4. The molecule has 1 N–H and O–H groups in total. The van der Waals surface area contributed by atoms with Crippen molar-refractivity contribution >= 4 is 21.5 Å². The Kier molecular flexibility index (Phi) is 4.85. The fraction of sp³-hybridized carbons (Fsp3) is 0.375. The largest absolute Gasteiger partial charge is 0.507 e. The Hall–Kier alpha value is -3.16. The Morgan fingerprint density at radius 1 is 0.842 bits per heavy atom. The highest BCUT2D eigenvalue weighted by atomic mass is 17.3. The first-order valence-electron chi connectivity index (χ1n) is 13.1. The summed E-state index contributed by atoms with van der Waals surface area (Å²) in [5.41, 5.74) is 1.89. The number of ether oxygens (including phenoxy) is 3. The van der Waals surface area contributed by atoms with Crippen LogP contribution in [0.1, 0.15) is 45.7 Å². The standard InChI is InChI=1S/C32H32O6/c1-29(2,3)32-30(4,5)17-36-31(32,37-38-32)24-15-25(33)26(23-13-9-8-12-22(23)24)27-21-11-7-6-10-19(21)14-20-16-34-18-35-28(20)27/h6-15,33H,16-18H2,1-5H3/t31-,32-/m1/s1. The topological polar surface area (TPSA) is 66.4 Å². The van der Waals surface area contributed by atoms with Crippen molar-refractivity contribution < 1.29 is 29.1 Å². The summed E-state index contributed by atoms with van der Waals surface area (Å²) in [5.74, 6) is -0.285. The summed E-state index contributed by atoms with van der Waals surface area (Å²) in [6.45, 7) is 11.8. The van der Waals surface area contributed by atoms with Crippen LogP contribution >= 0.6 is 0 Å². The van der Waals surface area contributed by atoms with E-state index in [0.29, 0.717) is 13.2 Å². The van der Waals surface area contributed by atoms with Crippen LogP contribution in [0.25, 0.3) is 32.7 Å². The predicted molar refractivity (Wildman–Crippen MR) is 145 cm³/mol. The van der Waals surface area contributed by atoms with Crippen molar-refractivity contribution in [3.8, 4) is 22.6 Å². The molecule has 6 nitrogen and oxygen atoms in total. The molecule has 0 radical (unpaired) electrons. The van der Waals surface area contributed by atoms with Crippen molar-refractivity contribution in [3.05, 3.63) is 71.8 Å². The van der Waals surface area contributed by atoms with E-state index in [-0.39, 0.29) is 23.4 Å². The van der Waals surface area contributed by atoms with Crippen molar-refractivity contribution in [2.45, 2.75) is 52.6 Å². The monoisotopic (exact) mass is 512 g/mol. The lowest BCUT2D eigenvalue weighted by atomic mass is 9.57. The molecular weight excluding hydrogens is 480 g/mol. The minimum Gasteiger partial charge on any atom is -0.507 e. The fourth-order valence-electron chi connectivity index (χ4n) is 7.27. The summed E-state index contributed by atoms with van der Waals surface area (Å²) in [6, 6.07) is 20.2. The Morgan fingerprint density at radius 2 is 1.55 bits per heavy atom. The highest BCUT2D eigenvalue weighted by Crippen LogP contribution is 2.70. The third-order valence-electron chi connectivity index (χ3n) is 8.64. The summed E-state index contributed by atoms with van der Waals surface area (Å²) in [7, 11) is 0. The minimum atomic E-state index is -1.16. The molecule has 0 aliphatic carbocycles. The molecule has 2 fully saturated rings. The van der Waals surface area contributed by atoms with E-state index in [1.807, 2.05) is 30.3 Å². The van der Waals surface area contributed by atoms with E-state index in [1.165, 1.54) is 0 Å².